The summed E-state index contributed by atoms with van der Waals surface area (Å²) in [5.74, 6) is -0.427. The minimum atomic E-state index is -3.57. The molecule has 2 aliphatic heterocycles. The highest BCUT2D eigenvalue weighted by Crippen LogP contribution is 2.43. The van der Waals surface area contributed by atoms with Crippen LogP contribution in [0.3, 0.4) is 0 Å². The Morgan fingerprint density at radius 1 is 1.04 bits per heavy atom. The summed E-state index contributed by atoms with van der Waals surface area (Å²) < 4.78 is 42.5. The predicted octanol–water partition coefficient (Wildman–Crippen LogP) is 2.58. The first-order chi connectivity index (χ1) is 11.1. The Bertz CT molecular complexity index is 775. The molecular weight excluding hydrogens is 317 g/mol. The summed E-state index contributed by atoms with van der Waals surface area (Å²) in [5.41, 5.74) is 0. The van der Waals surface area contributed by atoms with Crippen molar-refractivity contribution in [1.82, 2.24) is 14.1 Å². The van der Waals surface area contributed by atoms with Crippen molar-refractivity contribution in [2.75, 3.05) is 0 Å². The maximum Gasteiger partial charge on any atom is 0.243 e. The lowest BCUT2D eigenvalue weighted by Gasteiger charge is -2.37. The Labute approximate surface area is 134 Å². The van der Waals surface area contributed by atoms with Crippen LogP contribution in [0.1, 0.15) is 31.7 Å². The molecule has 2 aromatic rings. The van der Waals surface area contributed by atoms with Gasteiger partial charge in [0.15, 0.2) is 0 Å². The molecule has 7 heteroatoms. The number of fused-ring (bicyclic) bond motifs is 2. The molecule has 0 spiro atoms. The summed E-state index contributed by atoms with van der Waals surface area (Å²) in [7, 11) is -3.57. The predicted molar refractivity (Wildman–Crippen MR) is 82.7 cm³/mol. The van der Waals surface area contributed by atoms with Crippen molar-refractivity contribution in [3.05, 3.63) is 48.5 Å². The highest BCUT2D eigenvalue weighted by Gasteiger charge is 2.47. The van der Waals surface area contributed by atoms with Crippen molar-refractivity contribution in [2.24, 2.45) is 0 Å². The van der Waals surface area contributed by atoms with Crippen LogP contribution in [0.25, 0.3) is 0 Å². The maximum absolute atomic E-state index is 13.1. The molecule has 2 atom stereocenters. The zero-order valence-corrected chi connectivity index (χ0v) is 13.4. The van der Waals surface area contributed by atoms with Gasteiger partial charge < -0.3 is 0 Å². The minimum Gasteiger partial charge on any atom is -0.270 e. The van der Waals surface area contributed by atoms with E-state index < -0.39 is 15.8 Å². The molecule has 23 heavy (non-hydrogen) atoms. The van der Waals surface area contributed by atoms with Crippen molar-refractivity contribution in [3.63, 3.8) is 0 Å². The van der Waals surface area contributed by atoms with Crippen LogP contribution in [0.15, 0.2) is 47.6 Å². The van der Waals surface area contributed by atoms with E-state index in [2.05, 4.69) is 5.10 Å². The van der Waals surface area contributed by atoms with Crippen LogP contribution < -0.4 is 0 Å². The molecular formula is C16H18FN3O2S. The normalized spacial score (nSPS) is 28.1. The molecule has 0 radical (unpaired) electrons. The van der Waals surface area contributed by atoms with Crippen molar-refractivity contribution < 1.29 is 12.8 Å². The van der Waals surface area contributed by atoms with E-state index in [0.29, 0.717) is 0 Å². The van der Waals surface area contributed by atoms with Gasteiger partial charge in [-0.25, -0.2) is 12.8 Å². The van der Waals surface area contributed by atoms with Crippen molar-refractivity contribution in [1.29, 1.82) is 0 Å². The first-order valence-corrected chi connectivity index (χ1v) is 9.28. The van der Waals surface area contributed by atoms with Crippen molar-refractivity contribution >= 4 is 10.0 Å². The summed E-state index contributed by atoms with van der Waals surface area (Å²) >= 11 is 0. The summed E-state index contributed by atoms with van der Waals surface area (Å²) in [4.78, 5) is 0.174. The number of piperidine rings is 1. The highest BCUT2D eigenvalue weighted by molar-refractivity contribution is 7.89. The monoisotopic (exact) mass is 335 g/mol. The maximum atomic E-state index is 13.1. The topological polar surface area (TPSA) is 55.2 Å². The molecule has 0 N–H and O–H groups in total. The third-order valence-corrected chi connectivity index (χ3v) is 6.95. The molecule has 122 valence electrons. The van der Waals surface area contributed by atoms with Crippen LogP contribution in [0.4, 0.5) is 4.39 Å². The molecule has 0 saturated carbocycles. The standard InChI is InChI=1S/C16H18FN3O2S/c17-12-2-6-16(7-3-12)23(21,22)20-13-4-5-14(20)11-15(10-13)19-9-1-8-18-19/h1-3,6-9,13-15H,4-5,10-11H2. The molecule has 3 heterocycles. The fourth-order valence-electron chi connectivity index (χ4n) is 3.94. The molecule has 5 nitrogen and oxygen atoms in total. The van der Waals surface area contributed by atoms with Crippen LogP contribution >= 0.6 is 0 Å². The van der Waals surface area contributed by atoms with Crippen LogP contribution in [0, 0.1) is 5.82 Å². The lowest BCUT2D eigenvalue weighted by molar-refractivity contribution is 0.185. The molecule has 2 fully saturated rings. The number of sulfonamides is 1. The second-order valence-electron chi connectivity index (χ2n) is 6.29. The van der Waals surface area contributed by atoms with Crippen molar-refractivity contribution in [3.8, 4) is 0 Å². The summed E-state index contributed by atoms with van der Waals surface area (Å²) in [6, 6.07) is 7.24. The minimum absolute atomic E-state index is 0.00185. The van der Waals surface area contributed by atoms with E-state index in [1.54, 1.807) is 10.5 Å². The van der Waals surface area contributed by atoms with Crippen molar-refractivity contribution in [2.45, 2.75) is 48.7 Å². The fourth-order valence-corrected chi connectivity index (χ4v) is 5.83. The molecule has 0 amide bonds. The van der Waals surface area contributed by atoms with Gasteiger partial charge in [0, 0.05) is 24.5 Å². The van der Waals surface area contributed by atoms with Gasteiger partial charge in [-0.15, -0.1) is 0 Å². The van der Waals surface area contributed by atoms with E-state index in [1.807, 2.05) is 16.9 Å². The smallest absolute Gasteiger partial charge is 0.243 e. The molecule has 1 aromatic carbocycles. The number of aromatic nitrogens is 2. The second-order valence-corrected chi connectivity index (χ2v) is 8.13. The Morgan fingerprint density at radius 2 is 1.70 bits per heavy atom. The SMILES string of the molecule is O=S(=O)(c1ccc(F)cc1)N1C2CCC1CC(n1cccn1)C2. The quantitative estimate of drug-likeness (QED) is 0.866. The Balaban J connectivity index is 1.62. The molecule has 2 aliphatic rings. The van der Waals surface area contributed by atoms with Gasteiger partial charge in [0.25, 0.3) is 0 Å². The number of nitrogens with zero attached hydrogens (tertiary/aromatic N) is 3. The molecule has 4 rings (SSSR count). The molecule has 2 bridgehead atoms. The number of rotatable bonds is 3. The van der Waals surface area contributed by atoms with Crippen LogP contribution in [-0.4, -0.2) is 34.6 Å². The van der Waals surface area contributed by atoms with Gasteiger partial charge in [-0.1, -0.05) is 0 Å². The summed E-state index contributed by atoms with van der Waals surface area (Å²) in [6.45, 7) is 0. The third-order valence-electron chi connectivity index (χ3n) is 4.93. The highest BCUT2D eigenvalue weighted by atomic mass is 32.2. The third kappa shape index (κ3) is 2.48. The zero-order valence-electron chi connectivity index (χ0n) is 12.5. The van der Waals surface area contributed by atoms with E-state index in [4.69, 9.17) is 0 Å². The fraction of sp³-hybridized carbons (Fsp3) is 0.438. The van der Waals surface area contributed by atoms with Gasteiger partial charge in [-0.3, -0.25) is 4.68 Å². The second kappa shape index (κ2) is 5.42. The van der Waals surface area contributed by atoms with Crippen LogP contribution in [0.5, 0.6) is 0 Å². The Morgan fingerprint density at radius 3 is 2.26 bits per heavy atom. The van der Waals surface area contributed by atoms with Gasteiger partial charge in [-0.05, 0) is 56.0 Å². The largest absolute Gasteiger partial charge is 0.270 e. The van der Waals surface area contributed by atoms with E-state index in [1.165, 1.54) is 24.3 Å². The molecule has 2 unspecified atom stereocenters. The van der Waals surface area contributed by atoms with E-state index in [-0.39, 0.29) is 23.0 Å². The molecule has 2 saturated heterocycles. The van der Waals surface area contributed by atoms with Gasteiger partial charge in [0.1, 0.15) is 5.82 Å². The Hall–Kier alpha value is -1.73. The number of halogens is 1. The zero-order chi connectivity index (χ0) is 16.0. The van der Waals surface area contributed by atoms with Gasteiger partial charge in [0.2, 0.25) is 10.0 Å². The first-order valence-electron chi connectivity index (χ1n) is 7.84. The van der Waals surface area contributed by atoms with Gasteiger partial charge in [-0.2, -0.15) is 9.40 Å². The van der Waals surface area contributed by atoms with Crippen LogP contribution in [-0.2, 0) is 10.0 Å². The summed E-state index contributed by atoms with van der Waals surface area (Å²) in [6.07, 6.45) is 7.00. The molecule has 1 aromatic heterocycles. The first kappa shape index (κ1) is 14.8. The van der Waals surface area contributed by atoms with E-state index >= 15 is 0 Å². The molecule has 0 aliphatic carbocycles. The summed E-state index contributed by atoms with van der Waals surface area (Å²) in [5, 5.41) is 4.30. The lowest BCUT2D eigenvalue weighted by atomic mass is 10.00. The number of benzene rings is 1. The number of hydrogen-bond donors (Lipinski definition) is 0. The van der Waals surface area contributed by atoms with Gasteiger partial charge in [0.05, 0.1) is 10.9 Å². The van der Waals surface area contributed by atoms with E-state index in [0.717, 1.165) is 25.7 Å². The van der Waals surface area contributed by atoms with Crippen LogP contribution in [0.2, 0.25) is 0 Å². The average Bonchev–Trinajstić information content (AvgIpc) is 3.15. The Kier molecular flexibility index (Phi) is 3.50. The van der Waals surface area contributed by atoms with E-state index in [9.17, 15) is 12.8 Å². The van der Waals surface area contributed by atoms with Gasteiger partial charge >= 0.3 is 0 Å². The average molecular weight is 335 g/mol. The lowest BCUT2D eigenvalue weighted by Crippen LogP contribution is -2.46. The number of hydrogen-bond acceptors (Lipinski definition) is 3.